The van der Waals surface area contributed by atoms with E-state index in [0.717, 1.165) is 5.56 Å². The predicted molar refractivity (Wildman–Crippen MR) is 64.9 cm³/mol. The molecule has 0 bridgehead atoms. The van der Waals surface area contributed by atoms with E-state index in [9.17, 15) is 8.42 Å². The van der Waals surface area contributed by atoms with E-state index < -0.39 is 9.84 Å². The molecule has 0 aliphatic carbocycles. The number of aryl methyl sites for hydroxylation is 1. The van der Waals surface area contributed by atoms with Crippen LogP contribution in [-0.2, 0) is 16.3 Å². The molecule has 0 aliphatic rings. The normalized spacial score (nSPS) is 13.6. The first kappa shape index (κ1) is 13.1. The molecule has 0 amide bonds. The molecule has 1 heterocycles. The second kappa shape index (κ2) is 5.96. The molecule has 0 aromatic carbocycles. The molecule has 0 fully saturated rings. The molecular formula is C11H18N2O2S. The van der Waals surface area contributed by atoms with Crippen LogP contribution in [0, 0.1) is 0 Å². The third kappa shape index (κ3) is 4.72. The molecule has 16 heavy (non-hydrogen) atoms. The minimum absolute atomic E-state index is 0.0732. The van der Waals surface area contributed by atoms with Gasteiger partial charge in [0, 0.05) is 18.4 Å². The van der Waals surface area contributed by atoms with Crippen LogP contribution in [0.25, 0.3) is 0 Å². The van der Waals surface area contributed by atoms with Gasteiger partial charge in [-0.1, -0.05) is 13.0 Å². The quantitative estimate of drug-likeness (QED) is 0.800. The molecular weight excluding hydrogens is 224 g/mol. The molecule has 4 nitrogen and oxygen atoms in total. The third-order valence-electron chi connectivity index (χ3n) is 2.42. The number of rotatable bonds is 6. The fraction of sp³-hybridized carbons (Fsp3) is 0.545. The lowest BCUT2D eigenvalue weighted by molar-refractivity contribution is 0.583. The van der Waals surface area contributed by atoms with E-state index in [0.29, 0.717) is 12.8 Å². The molecule has 0 radical (unpaired) electrons. The molecule has 1 atom stereocenters. The molecule has 90 valence electrons. The van der Waals surface area contributed by atoms with Gasteiger partial charge in [0.25, 0.3) is 0 Å². The summed E-state index contributed by atoms with van der Waals surface area (Å²) in [7, 11) is -3.04. The van der Waals surface area contributed by atoms with Gasteiger partial charge in [-0.25, -0.2) is 8.42 Å². The van der Waals surface area contributed by atoms with Crippen LogP contribution in [-0.4, -0.2) is 30.9 Å². The molecule has 0 saturated heterocycles. The largest absolute Gasteiger partial charge is 0.327 e. The Morgan fingerprint density at radius 3 is 2.81 bits per heavy atom. The molecule has 1 unspecified atom stereocenters. The molecule has 1 aromatic rings. The summed E-state index contributed by atoms with van der Waals surface area (Å²) >= 11 is 0. The van der Waals surface area contributed by atoms with Crippen molar-refractivity contribution in [1.29, 1.82) is 0 Å². The Kier molecular flexibility index (Phi) is 4.89. The fourth-order valence-corrected chi connectivity index (χ4v) is 2.95. The van der Waals surface area contributed by atoms with Crippen LogP contribution in [0.15, 0.2) is 24.5 Å². The Morgan fingerprint density at radius 2 is 2.25 bits per heavy atom. The van der Waals surface area contributed by atoms with Gasteiger partial charge in [0.15, 0.2) is 9.84 Å². The van der Waals surface area contributed by atoms with Gasteiger partial charge < -0.3 is 5.73 Å². The summed E-state index contributed by atoms with van der Waals surface area (Å²) in [5.74, 6) is 0.218. The summed E-state index contributed by atoms with van der Waals surface area (Å²) in [4.78, 5) is 3.94. The highest BCUT2D eigenvalue weighted by molar-refractivity contribution is 7.91. The molecule has 0 spiro atoms. The second-order valence-electron chi connectivity index (χ2n) is 3.89. The first-order chi connectivity index (χ1) is 7.53. The average Bonchev–Trinajstić information content (AvgIpc) is 2.27. The van der Waals surface area contributed by atoms with Crippen LogP contribution in [0.5, 0.6) is 0 Å². The summed E-state index contributed by atoms with van der Waals surface area (Å²) in [6.45, 7) is 1.89. The molecule has 5 heteroatoms. The molecule has 1 rings (SSSR count). The van der Waals surface area contributed by atoms with E-state index in [4.69, 9.17) is 5.73 Å². The van der Waals surface area contributed by atoms with Gasteiger partial charge in [0.2, 0.25) is 0 Å². The van der Waals surface area contributed by atoms with Crippen LogP contribution in [0.4, 0.5) is 0 Å². The molecule has 1 aromatic heterocycles. The minimum atomic E-state index is -3.04. The zero-order valence-electron chi connectivity index (χ0n) is 9.46. The standard InChI is InChI=1S/C11H18N2O2S/c1-2-11(12)9-16(14,15)7-5-10-4-3-6-13-8-10/h3-4,6,8,11H,2,5,7,9,12H2,1H3. The Bertz CT molecular complexity index is 403. The van der Waals surface area contributed by atoms with Gasteiger partial charge in [-0.05, 0) is 24.5 Å². The molecule has 0 aliphatic heterocycles. The summed E-state index contributed by atoms with van der Waals surface area (Å²) in [5.41, 5.74) is 6.58. The first-order valence-corrected chi connectivity index (χ1v) is 7.20. The number of nitrogens with zero attached hydrogens (tertiary/aromatic N) is 1. The Balaban J connectivity index is 2.49. The van der Waals surface area contributed by atoms with E-state index >= 15 is 0 Å². The zero-order chi connectivity index (χ0) is 12.0. The van der Waals surface area contributed by atoms with Crippen LogP contribution in [0.2, 0.25) is 0 Å². The Labute approximate surface area is 96.8 Å². The molecule has 0 saturated carbocycles. The number of hydrogen-bond acceptors (Lipinski definition) is 4. The predicted octanol–water partition coefficient (Wildman–Crippen LogP) is 0.776. The maximum Gasteiger partial charge on any atom is 0.152 e. The van der Waals surface area contributed by atoms with Crippen molar-refractivity contribution in [3.8, 4) is 0 Å². The lowest BCUT2D eigenvalue weighted by Gasteiger charge is -2.09. The second-order valence-corrected chi connectivity index (χ2v) is 6.12. The van der Waals surface area contributed by atoms with E-state index in [1.54, 1.807) is 18.5 Å². The SMILES string of the molecule is CCC(N)CS(=O)(=O)CCc1cccnc1. The molecule has 2 N–H and O–H groups in total. The summed E-state index contributed by atoms with van der Waals surface area (Å²) in [6.07, 6.45) is 4.55. The van der Waals surface area contributed by atoms with Gasteiger partial charge in [0.1, 0.15) is 0 Å². The average molecular weight is 242 g/mol. The van der Waals surface area contributed by atoms with Crippen LogP contribution in [0.3, 0.4) is 0 Å². The van der Waals surface area contributed by atoms with Crippen LogP contribution < -0.4 is 5.73 Å². The van der Waals surface area contributed by atoms with Crippen molar-refractivity contribution in [2.24, 2.45) is 5.73 Å². The zero-order valence-corrected chi connectivity index (χ0v) is 10.3. The Morgan fingerprint density at radius 1 is 1.50 bits per heavy atom. The van der Waals surface area contributed by atoms with Gasteiger partial charge in [-0.15, -0.1) is 0 Å². The smallest absolute Gasteiger partial charge is 0.152 e. The van der Waals surface area contributed by atoms with Crippen molar-refractivity contribution in [1.82, 2.24) is 4.98 Å². The van der Waals surface area contributed by atoms with Gasteiger partial charge in [-0.3, -0.25) is 4.98 Å². The summed E-state index contributed by atoms with van der Waals surface area (Å²) in [6, 6.07) is 3.43. The van der Waals surface area contributed by atoms with Gasteiger partial charge in [0.05, 0.1) is 11.5 Å². The van der Waals surface area contributed by atoms with Crippen molar-refractivity contribution in [3.05, 3.63) is 30.1 Å². The maximum atomic E-state index is 11.7. The highest BCUT2D eigenvalue weighted by Crippen LogP contribution is 2.03. The maximum absolute atomic E-state index is 11.7. The van der Waals surface area contributed by atoms with Crippen molar-refractivity contribution < 1.29 is 8.42 Å². The summed E-state index contributed by atoms with van der Waals surface area (Å²) in [5, 5.41) is 0. The number of sulfone groups is 1. The van der Waals surface area contributed by atoms with Gasteiger partial charge in [-0.2, -0.15) is 0 Å². The van der Waals surface area contributed by atoms with E-state index in [-0.39, 0.29) is 17.5 Å². The van der Waals surface area contributed by atoms with Crippen LogP contribution >= 0.6 is 0 Å². The minimum Gasteiger partial charge on any atom is -0.327 e. The van der Waals surface area contributed by atoms with E-state index in [1.165, 1.54) is 0 Å². The lowest BCUT2D eigenvalue weighted by atomic mass is 10.2. The van der Waals surface area contributed by atoms with Crippen molar-refractivity contribution in [2.45, 2.75) is 25.8 Å². The monoisotopic (exact) mass is 242 g/mol. The number of aromatic nitrogens is 1. The highest BCUT2D eigenvalue weighted by atomic mass is 32.2. The van der Waals surface area contributed by atoms with Gasteiger partial charge >= 0.3 is 0 Å². The highest BCUT2D eigenvalue weighted by Gasteiger charge is 2.14. The summed E-state index contributed by atoms with van der Waals surface area (Å²) < 4.78 is 23.3. The Hall–Kier alpha value is -0.940. The topological polar surface area (TPSA) is 73.1 Å². The van der Waals surface area contributed by atoms with E-state index in [2.05, 4.69) is 4.98 Å². The third-order valence-corrected chi connectivity index (χ3v) is 4.18. The number of hydrogen-bond donors (Lipinski definition) is 1. The van der Waals surface area contributed by atoms with E-state index in [1.807, 2.05) is 13.0 Å². The fourth-order valence-electron chi connectivity index (χ4n) is 1.35. The van der Waals surface area contributed by atoms with Crippen molar-refractivity contribution >= 4 is 9.84 Å². The lowest BCUT2D eigenvalue weighted by Crippen LogP contribution is -2.30. The first-order valence-electron chi connectivity index (χ1n) is 5.38. The van der Waals surface area contributed by atoms with Crippen molar-refractivity contribution in [2.75, 3.05) is 11.5 Å². The number of nitrogens with two attached hydrogens (primary N) is 1. The van der Waals surface area contributed by atoms with Crippen LogP contribution in [0.1, 0.15) is 18.9 Å². The van der Waals surface area contributed by atoms with Crippen molar-refractivity contribution in [3.63, 3.8) is 0 Å². The number of pyridine rings is 1.